The normalized spacial score (nSPS) is 16.8. The van der Waals surface area contributed by atoms with Gasteiger partial charge in [-0.3, -0.25) is 14.5 Å². The van der Waals surface area contributed by atoms with Crippen LogP contribution in [0.15, 0.2) is 23.3 Å². The highest BCUT2D eigenvalue weighted by molar-refractivity contribution is 5.92. The molecule has 2 rings (SSSR count). The number of nitrogens with one attached hydrogen (secondary N) is 2. The average molecular weight is 259 g/mol. The van der Waals surface area contributed by atoms with Crippen molar-refractivity contribution in [3.63, 3.8) is 0 Å². The highest BCUT2D eigenvalue weighted by Crippen LogP contribution is 2.18. The molecule has 2 heterocycles. The van der Waals surface area contributed by atoms with Crippen LogP contribution in [0.25, 0.3) is 0 Å². The Hall–Kier alpha value is -2.06. The summed E-state index contributed by atoms with van der Waals surface area (Å²) in [6, 6.07) is 1.39. The van der Waals surface area contributed by atoms with Crippen molar-refractivity contribution in [2.45, 2.75) is 12.8 Å². The molecule has 1 aromatic rings. The Morgan fingerprint density at radius 3 is 2.89 bits per heavy atom. The maximum Gasteiger partial charge on any atom is 0.227 e. The fourth-order valence-electron chi connectivity index (χ4n) is 2.23. The zero-order chi connectivity index (χ0) is 13.7. The second kappa shape index (κ2) is 6.21. The number of carbonyl (C=O) groups is 1. The van der Waals surface area contributed by atoms with E-state index < -0.39 is 0 Å². The van der Waals surface area contributed by atoms with Crippen molar-refractivity contribution in [2.75, 3.05) is 25.0 Å². The SMILES string of the molecule is C#CCN1CCC(C(=O)Nc2c[nH]ccc2=O)CC1. The van der Waals surface area contributed by atoms with Gasteiger partial charge in [0.15, 0.2) is 0 Å². The maximum absolute atomic E-state index is 12.1. The summed E-state index contributed by atoms with van der Waals surface area (Å²) in [6.45, 7) is 2.29. The lowest BCUT2D eigenvalue weighted by Gasteiger charge is -2.29. The topological polar surface area (TPSA) is 65.2 Å². The van der Waals surface area contributed by atoms with Gasteiger partial charge in [0.1, 0.15) is 5.69 Å². The van der Waals surface area contributed by atoms with Crippen molar-refractivity contribution in [1.82, 2.24) is 9.88 Å². The second-order valence-electron chi connectivity index (χ2n) is 4.67. The first kappa shape index (κ1) is 13.4. The first-order valence-corrected chi connectivity index (χ1v) is 6.34. The van der Waals surface area contributed by atoms with Crippen LogP contribution >= 0.6 is 0 Å². The summed E-state index contributed by atoms with van der Waals surface area (Å²) in [5, 5.41) is 2.69. The van der Waals surface area contributed by atoms with Crippen LogP contribution in [0.4, 0.5) is 5.69 Å². The number of likely N-dealkylation sites (tertiary alicyclic amines) is 1. The van der Waals surface area contributed by atoms with Crippen LogP contribution in [0, 0.1) is 18.3 Å². The van der Waals surface area contributed by atoms with E-state index in [1.165, 1.54) is 18.5 Å². The lowest BCUT2D eigenvalue weighted by Crippen LogP contribution is -2.38. The summed E-state index contributed by atoms with van der Waals surface area (Å²) in [4.78, 5) is 28.5. The molecule has 5 heteroatoms. The van der Waals surface area contributed by atoms with Gasteiger partial charge in [0.25, 0.3) is 0 Å². The summed E-state index contributed by atoms with van der Waals surface area (Å²) in [5.74, 6) is 2.48. The van der Waals surface area contributed by atoms with E-state index in [9.17, 15) is 9.59 Å². The van der Waals surface area contributed by atoms with Crippen molar-refractivity contribution in [3.8, 4) is 12.3 Å². The van der Waals surface area contributed by atoms with Gasteiger partial charge in [-0.25, -0.2) is 0 Å². The van der Waals surface area contributed by atoms with E-state index in [1.54, 1.807) is 0 Å². The quantitative estimate of drug-likeness (QED) is 0.784. The molecule has 1 aliphatic rings. The van der Waals surface area contributed by atoms with Crippen LogP contribution in [0.1, 0.15) is 12.8 Å². The van der Waals surface area contributed by atoms with Crippen LogP contribution in [0.2, 0.25) is 0 Å². The third kappa shape index (κ3) is 3.46. The summed E-state index contributed by atoms with van der Waals surface area (Å²) >= 11 is 0. The average Bonchev–Trinajstić information content (AvgIpc) is 2.42. The zero-order valence-corrected chi connectivity index (χ0v) is 10.7. The van der Waals surface area contributed by atoms with Gasteiger partial charge < -0.3 is 10.3 Å². The smallest absolute Gasteiger partial charge is 0.227 e. The van der Waals surface area contributed by atoms with Crippen LogP contribution in [-0.4, -0.2) is 35.4 Å². The van der Waals surface area contributed by atoms with Gasteiger partial charge in [-0.1, -0.05) is 5.92 Å². The lowest BCUT2D eigenvalue weighted by molar-refractivity contribution is -0.121. The Labute approximate surface area is 112 Å². The summed E-state index contributed by atoms with van der Waals surface area (Å²) < 4.78 is 0. The number of terminal acetylenes is 1. The maximum atomic E-state index is 12.1. The monoisotopic (exact) mass is 259 g/mol. The number of anilines is 1. The Morgan fingerprint density at radius 2 is 2.26 bits per heavy atom. The molecule has 0 atom stereocenters. The van der Waals surface area contributed by atoms with Gasteiger partial charge in [0.05, 0.1) is 6.54 Å². The number of hydrogen-bond donors (Lipinski definition) is 2. The Bertz CT molecular complexity index is 536. The molecule has 0 spiro atoms. The van der Waals surface area contributed by atoms with E-state index >= 15 is 0 Å². The lowest BCUT2D eigenvalue weighted by atomic mass is 9.96. The molecule has 0 radical (unpaired) electrons. The van der Waals surface area contributed by atoms with Crippen molar-refractivity contribution in [2.24, 2.45) is 5.92 Å². The Balaban J connectivity index is 1.90. The van der Waals surface area contributed by atoms with Crippen molar-refractivity contribution >= 4 is 11.6 Å². The molecule has 1 aromatic heterocycles. The molecule has 1 fully saturated rings. The fourth-order valence-corrected chi connectivity index (χ4v) is 2.23. The summed E-state index contributed by atoms with van der Waals surface area (Å²) in [7, 11) is 0. The van der Waals surface area contributed by atoms with Crippen LogP contribution in [-0.2, 0) is 4.79 Å². The number of pyridine rings is 1. The molecular formula is C14H17N3O2. The molecule has 0 unspecified atom stereocenters. The van der Waals surface area contributed by atoms with Gasteiger partial charge in [-0.2, -0.15) is 0 Å². The minimum Gasteiger partial charge on any atom is -0.366 e. The molecule has 19 heavy (non-hydrogen) atoms. The molecule has 1 aliphatic heterocycles. The van der Waals surface area contributed by atoms with Crippen molar-refractivity contribution < 1.29 is 4.79 Å². The number of hydrogen-bond acceptors (Lipinski definition) is 3. The van der Waals surface area contributed by atoms with E-state index in [0.717, 1.165) is 25.9 Å². The number of carbonyl (C=O) groups excluding carboxylic acids is 1. The van der Waals surface area contributed by atoms with Crippen LogP contribution in [0.3, 0.4) is 0 Å². The van der Waals surface area contributed by atoms with E-state index in [4.69, 9.17) is 6.42 Å². The molecule has 2 N–H and O–H groups in total. The number of rotatable bonds is 3. The van der Waals surface area contributed by atoms with E-state index in [2.05, 4.69) is 21.1 Å². The first-order chi connectivity index (χ1) is 9.20. The Kier molecular flexibility index (Phi) is 4.37. The number of nitrogens with zero attached hydrogens (tertiary/aromatic N) is 1. The molecule has 0 saturated carbocycles. The third-order valence-electron chi connectivity index (χ3n) is 3.36. The predicted octanol–water partition coefficient (Wildman–Crippen LogP) is 0.659. The van der Waals surface area contributed by atoms with Crippen molar-refractivity contribution in [1.29, 1.82) is 0 Å². The molecule has 100 valence electrons. The summed E-state index contributed by atoms with van der Waals surface area (Å²) in [5.41, 5.74) is 0.121. The molecule has 1 amide bonds. The highest BCUT2D eigenvalue weighted by atomic mass is 16.2. The van der Waals surface area contributed by atoms with Gasteiger partial charge >= 0.3 is 0 Å². The second-order valence-corrected chi connectivity index (χ2v) is 4.67. The standard InChI is InChI=1S/C14H17N3O2/c1-2-7-17-8-4-11(5-9-17)14(19)16-12-10-15-6-3-13(12)18/h1,3,6,10-11H,4-5,7-9H2,(H,15,18)(H,16,19). The largest absolute Gasteiger partial charge is 0.366 e. The fraction of sp³-hybridized carbons (Fsp3) is 0.429. The van der Waals surface area contributed by atoms with Gasteiger partial charge in [-0.15, -0.1) is 6.42 Å². The molecule has 5 nitrogen and oxygen atoms in total. The van der Waals surface area contributed by atoms with E-state index in [1.807, 2.05) is 0 Å². The third-order valence-corrected chi connectivity index (χ3v) is 3.36. The van der Waals surface area contributed by atoms with Crippen molar-refractivity contribution in [3.05, 3.63) is 28.7 Å². The minimum atomic E-state index is -0.183. The highest BCUT2D eigenvalue weighted by Gasteiger charge is 2.24. The molecule has 0 bridgehead atoms. The number of aromatic amines is 1. The first-order valence-electron chi connectivity index (χ1n) is 6.34. The van der Waals surface area contributed by atoms with Gasteiger partial charge in [0.2, 0.25) is 11.3 Å². The van der Waals surface area contributed by atoms with E-state index in [-0.39, 0.29) is 17.3 Å². The Morgan fingerprint density at radius 1 is 1.53 bits per heavy atom. The molecular weight excluding hydrogens is 242 g/mol. The number of amides is 1. The minimum absolute atomic E-state index is 0.0476. The van der Waals surface area contributed by atoms with Crippen LogP contribution in [0.5, 0.6) is 0 Å². The molecule has 1 saturated heterocycles. The number of piperidine rings is 1. The molecule has 0 aromatic carbocycles. The number of aromatic nitrogens is 1. The zero-order valence-electron chi connectivity index (χ0n) is 10.7. The van der Waals surface area contributed by atoms with Gasteiger partial charge in [0, 0.05) is 24.4 Å². The van der Waals surface area contributed by atoms with Gasteiger partial charge in [-0.05, 0) is 25.9 Å². The predicted molar refractivity (Wildman–Crippen MR) is 73.7 cm³/mol. The van der Waals surface area contributed by atoms with E-state index in [0.29, 0.717) is 12.2 Å². The molecule has 0 aliphatic carbocycles. The van der Waals surface area contributed by atoms with Crippen LogP contribution < -0.4 is 10.7 Å². The summed E-state index contributed by atoms with van der Waals surface area (Å²) in [6.07, 6.45) is 9.86. The number of H-pyrrole nitrogens is 1.